The van der Waals surface area contributed by atoms with E-state index in [-0.39, 0.29) is 29.9 Å². The molecule has 0 heterocycles. The minimum absolute atomic E-state index is 0.0453. The van der Waals surface area contributed by atoms with Crippen molar-refractivity contribution < 1.29 is 9.90 Å². The first kappa shape index (κ1) is 17.4. The van der Waals surface area contributed by atoms with E-state index in [2.05, 4.69) is 33.0 Å². The summed E-state index contributed by atoms with van der Waals surface area (Å²) < 4.78 is 0. The molecule has 1 aliphatic carbocycles. The summed E-state index contributed by atoms with van der Waals surface area (Å²) in [7, 11) is 0. The predicted molar refractivity (Wildman–Crippen MR) is 82.1 cm³/mol. The van der Waals surface area contributed by atoms with Crippen LogP contribution < -0.4 is 11.1 Å². The Morgan fingerprint density at radius 2 is 2.10 bits per heavy atom. The summed E-state index contributed by atoms with van der Waals surface area (Å²) in [5.41, 5.74) is 6.08. The minimum atomic E-state index is -0.0551. The highest BCUT2D eigenvalue weighted by Gasteiger charge is 2.44. The lowest BCUT2D eigenvalue weighted by molar-refractivity contribution is -0.132. The molecule has 0 aromatic carbocycles. The Morgan fingerprint density at radius 3 is 2.65 bits per heavy atom. The van der Waals surface area contributed by atoms with Crippen molar-refractivity contribution in [2.45, 2.75) is 59.4 Å². The zero-order chi connectivity index (χ0) is 15.3. The van der Waals surface area contributed by atoms with Gasteiger partial charge in [-0.05, 0) is 36.5 Å². The van der Waals surface area contributed by atoms with Gasteiger partial charge in [0, 0.05) is 25.1 Å². The van der Waals surface area contributed by atoms with Gasteiger partial charge in [-0.3, -0.25) is 4.79 Å². The van der Waals surface area contributed by atoms with Crippen LogP contribution in [-0.4, -0.2) is 30.2 Å². The summed E-state index contributed by atoms with van der Waals surface area (Å²) in [6.45, 7) is 9.43. The standard InChI is InChI=1S/C16H32N2O2/c1-5-12(8-9-19)10-18-15(20)13-6-7-14(17)11(2)16(13,3)4/h11-14,19H,5-10,17H2,1-4H3,(H,18,20). The van der Waals surface area contributed by atoms with Gasteiger partial charge in [-0.15, -0.1) is 0 Å². The monoisotopic (exact) mass is 284 g/mol. The maximum atomic E-state index is 12.5. The van der Waals surface area contributed by atoms with Gasteiger partial charge in [-0.1, -0.05) is 34.1 Å². The number of aliphatic hydroxyl groups excluding tert-OH is 1. The third-order valence-electron chi connectivity index (χ3n) is 5.50. The molecule has 4 unspecified atom stereocenters. The molecule has 20 heavy (non-hydrogen) atoms. The van der Waals surface area contributed by atoms with Crippen molar-refractivity contribution >= 4 is 5.91 Å². The molecular weight excluding hydrogens is 252 g/mol. The quantitative estimate of drug-likeness (QED) is 0.697. The summed E-state index contributed by atoms with van der Waals surface area (Å²) >= 11 is 0. The van der Waals surface area contributed by atoms with Gasteiger partial charge in [0.05, 0.1) is 0 Å². The third kappa shape index (κ3) is 3.95. The number of rotatable bonds is 6. The molecule has 0 aromatic rings. The second-order valence-electron chi connectivity index (χ2n) is 6.94. The molecule has 1 amide bonds. The van der Waals surface area contributed by atoms with Gasteiger partial charge < -0.3 is 16.2 Å². The van der Waals surface area contributed by atoms with Crippen LogP contribution in [0.25, 0.3) is 0 Å². The highest BCUT2D eigenvalue weighted by molar-refractivity contribution is 5.79. The molecule has 0 spiro atoms. The van der Waals surface area contributed by atoms with E-state index < -0.39 is 0 Å². The van der Waals surface area contributed by atoms with E-state index in [9.17, 15) is 4.79 Å². The van der Waals surface area contributed by atoms with E-state index in [1.165, 1.54) is 0 Å². The van der Waals surface area contributed by atoms with Crippen LogP contribution in [-0.2, 0) is 4.79 Å². The van der Waals surface area contributed by atoms with Crippen LogP contribution in [0.5, 0.6) is 0 Å². The zero-order valence-electron chi connectivity index (χ0n) is 13.5. The largest absolute Gasteiger partial charge is 0.396 e. The Labute approximate surface area is 123 Å². The van der Waals surface area contributed by atoms with E-state index in [1.807, 2.05) is 0 Å². The number of carbonyl (C=O) groups excluding carboxylic acids is 1. The van der Waals surface area contributed by atoms with Crippen LogP contribution in [0.2, 0.25) is 0 Å². The van der Waals surface area contributed by atoms with E-state index in [0.29, 0.717) is 18.4 Å². The van der Waals surface area contributed by atoms with Crippen LogP contribution in [0, 0.1) is 23.2 Å². The molecule has 1 rings (SSSR count). The fourth-order valence-corrected chi connectivity index (χ4v) is 3.32. The van der Waals surface area contributed by atoms with Crippen molar-refractivity contribution in [2.24, 2.45) is 28.9 Å². The normalized spacial score (nSPS) is 30.8. The molecule has 0 aliphatic heterocycles. The zero-order valence-corrected chi connectivity index (χ0v) is 13.5. The Morgan fingerprint density at radius 1 is 1.45 bits per heavy atom. The molecular formula is C16H32N2O2. The van der Waals surface area contributed by atoms with Crippen molar-refractivity contribution in [1.82, 2.24) is 5.32 Å². The van der Waals surface area contributed by atoms with Gasteiger partial charge in [0.1, 0.15) is 0 Å². The molecule has 4 nitrogen and oxygen atoms in total. The molecule has 1 fully saturated rings. The van der Waals surface area contributed by atoms with Crippen LogP contribution in [0.1, 0.15) is 53.4 Å². The number of amides is 1. The second-order valence-corrected chi connectivity index (χ2v) is 6.94. The summed E-state index contributed by atoms with van der Waals surface area (Å²) in [5, 5.41) is 12.1. The summed E-state index contributed by atoms with van der Waals surface area (Å²) in [4.78, 5) is 12.5. The lowest BCUT2D eigenvalue weighted by Gasteiger charge is -2.46. The smallest absolute Gasteiger partial charge is 0.223 e. The number of hydrogen-bond donors (Lipinski definition) is 3. The molecule has 0 saturated heterocycles. The van der Waals surface area contributed by atoms with Crippen molar-refractivity contribution in [3.05, 3.63) is 0 Å². The van der Waals surface area contributed by atoms with Crippen molar-refractivity contribution in [3.63, 3.8) is 0 Å². The molecule has 0 radical (unpaired) electrons. The van der Waals surface area contributed by atoms with Crippen molar-refractivity contribution in [2.75, 3.05) is 13.2 Å². The molecule has 4 N–H and O–H groups in total. The summed E-state index contributed by atoms with van der Waals surface area (Å²) in [5.74, 6) is 0.927. The number of aliphatic hydroxyl groups is 1. The van der Waals surface area contributed by atoms with Crippen LogP contribution in [0.3, 0.4) is 0 Å². The van der Waals surface area contributed by atoms with Gasteiger partial charge in [0.25, 0.3) is 0 Å². The van der Waals surface area contributed by atoms with Crippen LogP contribution >= 0.6 is 0 Å². The first-order valence-electron chi connectivity index (χ1n) is 7.98. The van der Waals surface area contributed by atoms with E-state index >= 15 is 0 Å². The Kier molecular flexibility index (Phi) is 6.46. The highest BCUT2D eigenvalue weighted by atomic mass is 16.3. The fourth-order valence-electron chi connectivity index (χ4n) is 3.32. The van der Waals surface area contributed by atoms with E-state index in [0.717, 1.165) is 25.7 Å². The number of hydrogen-bond acceptors (Lipinski definition) is 3. The SMILES string of the molecule is CCC(CCO)CNC(=O)C1CCC(N)C(C)C1(C)C. The lowest BCUT2D eigenvalue weighted by atomic mass is 9.61. The number of nitrogens with one attached hydrogen (secondary N) is 1. The molecule has 0 bridgehead atoms. The van der Waals surface area contributed by atoms with Gasteiger partial charge >= 0.3 is 0 Å². The van der Waals surface area contributed by atoms with E-state index in [4.69, 9.17) is 10.8 Å². The molecule has 1 aliphatic rings. The summed E-state index contributed by atoms with van der Waals surface area (Å²) in [6, 6.07) is 0.201. The molecule has 0 aromatic heterocycles. The Bertz CT molecular complexity index is 318. The van der Waals surface area contributed by atoms with Gasteiger partial charge in [-0.2, -0.15) is 0 Å². The van der Waals surface area contributed by atoms with Crippen molar-refractivity contribution in [3.8, 4) is 0 Å². The Hall–Kier alpha value is -0.610. The van der Waals surface area contributed by atoms with Gasteiger partial charge in [0.2, 0.25) is 5.91 Å². The number of carbonyl (C=O) groups is 1. The summed E-state index contributed by atoms with van der Waals surface area (Å²) in [6.07, 6.45) is 3.54. The lowest BCUT2D eigenvalue weighted by Crippen LogP contribution is -2.52. The average Bonchev–Trinajstić information content (AvgIpc) is 2.40. The molecule has 4 atom stereocenters. The average molecular weight is 284 g/mol. The minimum Gasteiger partial charge on any atom is -0.396 e. The first-order valence-corrected chi connectivity index (χ1v) is 7.98. The Balaban J connectivity index is 2.58. The maximum absolute atomic E-state index is 12.5. The first-order chi connectivity index (χ1) is 9.34. The van der Waals surface area contributed by atoms with E-state index in [1.54, 1.807) is 0 Å². The molecule has 1 saturated carbocycles. The molecule has 4 heteroatoms. The molecule has 118 valence electrons. The van der Waals surface area contributed by atoms with Crippen LogP contribution in [0.15, 0.2) is 0 Å². The van der Waals surface area contributed by atoms with Gasteiger partial charge in [0.15, 0.2) is 0 Å². The maximum Gasteiger partial charge on any atom is 0.223 e. The predicted octanol–water partition coefficient (Wildman–Crippen LogP) is 1.91. The van der Waals surface area contributed by atoms with Gasteiger partial charge in [-0.25, -0.2) is 0 Å². The fraction of sp³-hybridized carbons (Fsp3) is 0.938. The number of nitrogens with two attached hydrogens (primary N) is 1. The van der Waals surface area contributed by atoms with Crippen LogP contribution in [0.4, 0.5) is 0 Å². The topological polar surface area (TPSA) is 75.3 Å². The third-order valence-corrected chi connectivity index (χ3v) is 5.50. The second kappa shape index (κ2) is 7.41. The highest BCUT2D eigenvalue weighted by Crippen LogP contribution is 2.44. The van der Waals surface area contributed by atoms with Crippen molar-refractivity contribution in [1.29, 1.82) is 0 Å².